The third kappa shape index (κ3) is 3.84. The van der Waals surface area contributed by atoms with E-state index in [0.29, 0.717) is 23.3 Å². The summed E-state index contributed by atoms with van der Waals surface area (Å²) in [5.41, 5.74) is 0.971. The zero-order chi connectivity index (χ0) is 20.9. The van der Waals surface area contributed by atoms with Crippen LogP contribution in [0.2, 0.25) is 0 Å². The van der Waals surface area contributed by atoms with Crippen molar-refractivity contribution in [3.63, 3.8) is 0 Å². The maximum atomic E-state index is 13.1. The molecule has 156 valence electrons. The van der Waals surface area contributed by atoms with Gasteiger partial charge in [-0.2, -0.15) is 0 Å². The van der Waals surface area contributed by atoms with Crippen LogP contribution < -0.4 is 4.74 Å². The number of halogens is 2. The average Bonchev–Trinajstić information content (AvgIpc) is 2.66. The first-order valence-corrected chi connectivity index (χ1v) is 11.4. The average molecular weight is 471 g/mol. The Morgan fingerprint density at radius 1 is 0.933 bits per heavy atom. The summed E-state index contributed by atoms with van der Waals surface area (Å²) < 4.78 is 18.9. The highest BCUT2D eigenvalue weighted by Crippen LogP contribution is 2.65. The Bertz CT molecular complexity index is 968. The van der Waals surface area contributed by atoms with Crippen LogP contribution in [0.15, 0.2) is 48.5 Å². The minimum atomic E-state index is -0.376. The van der Waals surface area contributed by atoms with E-state index in [2.05, 4.69) is 15.9 Å². The number of hydrogen-bond donors (Lipinski definition) is 0. The predicted octanol–water partition coefficient (Wildman–Crippen LogP) is 6.09. The molecule has 0 N–H and O–H groups in total. The summed E-state index contributed by atoms with van der Waals surface area (Å²) in [5.74, 6) is 1.16. The van der Waals surface area contributed by atoms with Gasteiger partial charge >= 0.3 is 5.97 Å². The minimum absolute atomic E-state index is 0.0726. The van der Waals surface area contributed by atoms with Crippen LogP contribution in [0.5, 0.6) is 5.75 Å². The molecule has 0 heterocycles. The molecule has 5 heteroatoms. The van der Waals surface area contributed by atoms with Crippen LogP contribution in [0.1, 0.15) is 60.9 Å². The van der Waals surface area contributed by atoms with Crippen molar-refractivity contribution in [3.05, 3.63) is 65.5 Å². The van der Waals surface area contributed by atoms with E-state index in [1.165, 1.54) is 43.5 Å². The van der Waals surface area contributed by atoms with E-state index in [0.717, 1.165) is 31.1 Å². The van der Waals surface area contributed by atoms with Gasteiger partial charge in [0.15, 0.2) is 5.78 Å². The van der Waals surface area contributed by atoms with Crippen molar-refractivity contribution in [3.8, 4) is 5.75 Å². The van der Waals surface area contributed by atoms with Crippen molar-refractivity contribution in [2.45, 2.75) is 49.3 Å². The molecule has 0 radical (unpaired) electrons. The lowest BCUT2D eigenvalue weighted by atomic mass is 9.49. The van der Waals surface area contributed by atoms with Crippen LogP contribution in [-0.4, -0.2) is 16.1 Å². The van der Waals surface area contributed by atoms with Crippen molar-refractivity contribution in [2.75, 3.05) is 0 Å². The van der Waals surface area contributed by atoms with Crippen LogP contribution >= 0.6 is 15.9 Å². The summed E-state index contributed by atoms with van der Waals surface area (Å²) in [6, 6.07) is 12.1. The van der Waals surface area contributed by atoms with Gasteiger partial charge in [-0.3, -0.25) is 9.59 Å². The molecule has 4 bridgehead atoms. The second-order valence-electron chi connectivity index (χ2n) is 9.62. The Labute approximate surface area is 184 Å². The molecule has 2 aromatic rings. The van der Waals surface area contributed by atoms with E-state index in [4.69, 9.17) is 4.74 Å². The van der Waals surface area contributed by atoms with Gasteiger partial charge in [-0.05, 0) is 104 Å². The molecule has 4 saturated carbocycles. The lowest BCUT2D eigenvalue weighted by Gasteiger charge is -2.60. The number of ketones is 1. The predicted molar refractivity (Wildman–Crippen MR) is 115 cm³/mol. The fourth-order valence-electron chi connectivity index (χ4n) is 6.46. The highest BCUT2D eigenvalue weighted by molar-refractivity contribution is 9.10. The summed E-state index contributed by atoms with van der Waals surface area (Å²) in [6.45, 7) is 0. The molecule has 2 unspecified atom stereocenters. The lowest BCUT2D eigenvalue weighted by Crippen LogP contribution is -2.53. The Hall–Kier alpha value is -2.01. The number of alkyl halides is 1. The molecule has 2 aromatic carbocycles. The molecule has 0 spiro atoms. The second kappa shape index (κ2) is 7.30. The Kier molecular flexibility index (Phi) is 4.85. The lowest BCUT2D eigenvalue weighted by molar-refractivity contribution is -0.141. The Morgan fingerprint density at radius 3 is 2.07 bits per heavy atom. The molecule has 6 rings (SSSR count). The molecule has 4 aliphatic rings. The van der Waals surface area contributed by atoms with Crippen molar-refractivity contribution in [1.82, 2.24) is 0 Å². The first kappa shape index (κ1) is 19.9. The maximum absolute atomic E-state index is 13.1. The molecule has 0 saturated heterocycles. The molecule has 2 atom stereocenters. The molecule has 0 aromatic heterocycles. The standard InChI is InChI=1S/C25H24BrFO3/c26-25-12-16-9-17(13-25)11-24(10-16,15-25)14-22(28)30-21-7-3-19(4-8-21)23(29)18-1-5-20(27)6-2-18/h1-8,16-17H,9-15H2. The van der Waals surface area contributed by atoms with E-state index in [1.54, 1.807) is 24.3 Å². The van der Waals surface area contributed by atoms with Crippen LogP contribution in [0.3, 0.4) is 0 Å². The zero-order valence-corrected chi connectivity index (χ0v) is 18.3. The molecule has 0 aliphatic heterocycles. The minimum Gasteiger partial charge on any atom is -0.427 e. The number of benzene rings is 2. The first-order valence-electron chi connectivity index (χ1n) is 10.6. The number of esters is 1. The first-order chi connectivity index (χ1) is 14.3. The molecule has 4 fully saturated rings. The fraction of sp³-hybridized carbons (Fsp3) is 0.440. The van der Waals surface area contributed by atoms with Gasteiger partial charge in [-0.15, -0.1) is 0 Å². The van der Waals surface area contributed by atoms with Gasteiger partial charge in [0.2, 0.25) is 0 Å². The van der Waals surface area contributed by atoms with E-state index < -0.39 is 0 Å². The fourth-order valence-corrected chi connectivity index (χ4v) is 7.97. The third-order valence-electron chi connectivity index (χ3n) is 7.08. The molecule has 4 aliphatic carbocycles. The highest BCUT2D eigenvalue weighted by atomic mass is 79.9. The van der Waals surface area contributed by atoms with Crippen LogP contribution in [0.4, 0.5) is 4.39 Å². The topological polar surface area (TPSA) is 43.4 Å². The van der Waals surface area contributed by atoms with Crippen LogP contribution in [-0.2, 0) is 4.79 Å². The zero-order valence-electron chi connectivity index (χ0n) is 16.7. The Morgan fingerprint density at radius 2 is 1.50 bits per heavy atom. The Balaban J connectivity index is 1.24. The SMILES string of the molecule is O=C(CC12CC3CC(CC(Br)(C3)C1)C2)Oc1ccc(C(=O)c2ccc(F)cc2)cc1. The molecule has 0 amide bonds. The van der Waals surface area contributed by atoms with Gasteiger partial charge in [-0.25, -0.2) is 4.39 Å². The van der Waals surface area contributed by atoms with Gasteiger partial charge in [-0.1, -0.05) is 15.9 Å². The number of hydrogen-bond acceptors (Lipinski definition) is 3. The van der Waals surface area contributed by atoms with Gasteiger partial charge in [0.1, 0.15) is 11.6 Å². The molecular formula is C25H24BrFO3. The van der Waals surface area contributed by atoms with E-state index >= 15 is 0 Å². The van der Waals surface area contributed by atoms with Crippen LogP contribution in [0.25, 0.3) is 0 Å². The van der Waals surface area contributed by atoms with Crippen molar-refractivity contribution in [2.24, 2.45) is 17.3 Å². The van der Waals surface area contributed by atoms with E-state index in [9.17, 15) is 14.0 Å². The summed E-state index contributed by atoms with van der Waals surface area (Å²) >= 11 is 3.99. The normalized spacial score (nSPS) is 31.5. The van der Waals surface area contributed by atoms with Crippen molar-refractivity contribution >= 4 is 27.7 Å². The second-order valence-corrected chi connectivity index (χ2v) is 11.3. The van der Waals surface area contributed by atoms with Gasteiger partial charge in [0, 0.05) is 15.5 Å². The van der Waals surface area contributed by atoms with Gasteiger partial charge < -0.3 is 4.74 Å². The quantitative estimate of drug-likeness (QED) is 0.230. The van der Waals surface area contributed by atoms with Crippen LogP contribution in [0, 0.1) is 23.1 Å². The van der Waals surface area contributed by atoms with E-state index in [-0.39, 0.29) is 27.3 Å². The number of rotatable bonds is 5. The smallest absolute Gasteiger partial charge is 0.311 e. The number of ether oxygens (including phenoxy) is 1. The van der Waals surface area contributed by atoms with E-state index in [1.807, 2.05) is 0 Å². The summed E-state index contributed by atoms with van der Waals surface area (Å²) in [5, 5.41) is 0. The number of carbonyl (C=O) groups is 2. The summed E-state index contributed by atoms with van der Waals surface area (Å²) in [7, 11) is 0. The monoisotopic (exact) mass is 470 g/mol. The highest BCUT2D eigenvalue weighted by Gasteiger charge is 2.57. The largest absolute Gasteiger partial charge is 0.427 e. The van der Waals surface area contributed by atoms with Gasteiger partial charge in [0.25, 0.3) is 0 Å². The van der Waals surface area contributed by atoms with Gasteiger partial charge in [0.05, 0.1) is 6.42 Å². The summed E-state index contributed by atoms with van der Waals surface area (Å²) in [4.78, 5) is 25.2. The molecule has 3 nitrogen and oxygen atoms in total. The number of carbonyl (C=O) groups excluding carboxylic acids is 2. The summed E-state index contributed by atoms with van der Waals surface area (Å²) in [6.07, 6.45) is 7.59. The van der Waals surface area contributed by atoms with Crippen molar-refractivity contribution in [1.29, 1.82) is 0 Å². The third-order valence-corrected chi connectivity index (χ3v) is 8.01. The molecule has 30 heavy (non-hydrogen) atoms. The molecular weight excluding hydrogens is 447 g/mol. The maximum Gasteiger partial charge on any atom is 0.311 e. The van der Waals surface area contributed by atoms with Crippen molar-refractivity contribution < 1.29 is 18.7 Å².